The van der Waals surface area contributed by atoms with Crippen LogP contribution in [0.1, 0.15) is 51.7 Å². The molecule has 0 spiro atoms. The lowest BCUT2D eigenvalue weighted by Gasteiger charge is -2.34. The SMILES string of the molecule is C=C(C(=C(C)C)/C(C)=C/NNC1(C)CC1)N1CCc2ccc(F)cc2C1. The lowest BCUT2D eigenvalue weighted by Crippen LogP contribution is -2.37. The highest BCUT2D eigenvalue weighted by Crippen LogP contribution is 2.33. The zero-order valence-corrected chi connectivity index (χ0v) is 16.4. The van der Waals surface area contributed by atoms with Crippen molar-refractivity contribution in [3.05, 3.63) is 70.3 Å². The van der Waals surface area contributed by atoms with Gasteiger partial charge in [-0.15, -0.1) is 0 Å². The molecule has 0 saturated heterocycles. The van der Waals surface area contributed by atoms with E-state index in [4.69, 9.17) is 0 Å². The Morgan fingerprint density at radius 2 is 1.96 bits per heavy atom. The van der Waals surface area contributed by atoms with Crippen LogP contribution in [-0.4, -0.2) is 17.0 Å². The first kappa shape index (κ1) is 18.7. The van der Waals surface area contributed by atoms with Gasteiger partial charge in [-0.05, 0) is 75.8 Å². The molecule has 1 fully saturated rings. The second kappa shape index (κ2) is 7.28. The van der Waals surface area contributed by atoms with Gasteiger partial charge in [0.15, 0.2) is 0 Å². The van der Waals surface area contributed by atoms with Crippen LogP contribution in [0.25, 0.3) is 0 Å². The number of allylic oxidation sites excluding steroid dienone is 2. The molecule has 1 aromatic carbocycles. The minimum Gasteiger partial charge on any atom is -0.367 e. The Kier molecular flexibility index (Phi) is 5.24. The molecular weight excluding hydrogens is 325 g/mol. The average molecular weight is 356 g/mol. The van der Waals surface area contributed by atoms with Crippen molar-refractivity contribution in [2.45, 2.75) is 59.0 Å². The van der Waals surface area contributed by atoms with Crippen LogP contribution >= 0.6 is 0 Å². The molecule has 2 aliphatic rings. The summed E-state index contributed by atoms with van der Waals surface area (Å²) < 4.78 is 13.6. The van der Waals surface area contributed by atoms with E-state index in [9.17, 15) is 4.39 Å². The predicted octanol–water partition coefficient (Wildman–Crippen LogP) is 4.58. The third-order valence-electron chi connectivity index (χ3n) is 5.41. The Bertz CT molecular complexity index is 768. The van der Waals surface area contributed by atoms with Gasteiger partial charge >= 0.3 is 0 Å². The maximum Gasteiger partial charge on any atom is 0.123 e. The van der Waals surface area contributed by atoms with Crippen LogP contribution in [-0.2, 0) is 13.0 Å². The molecule has 1 aromatic rings. The van der Waals surface area contributed by atoms with Gasteiger partial charge in [-0.3, -0.25) is 0 Å². The Balaban J connectivity index is 1.73. The first-order valence-electron chi connectivity index (χ1n) is 9.38. The van der Waals surface area contributed by atoms with E-state index in [0.29, 0.717) is 6.54 Å². The summed E-state index contributed by atoms with van der Waals surface area (Å²) in [5.41, 5.74) is 13.7. The van der Waals surface area contributed by atoms with E-state index in [1.165, 1.54) is 29.6 Å². The van der Waals surface area contributed by atoms with Crippen LogP contribution in [0, 0.1) is 5.82 Å². The summed E-state index contributed by atoms with van der Waals surface area (Å²) in [5, 5.41) is 0. The molecule has 0 aromatic heterocycles. The molecule has 4 heteroatoms. The Labute approximate surface area is 156 Å². The second-order valence-electron chi connectivity index (χ2n) is 8.06. The number of rotatable bonds is 6. The molecule has 2 N–H and O–H groups in total. The van der Waals surface area contributed by atoms with E-state index in [0.717, 1.165) is 29.8 Å². The van der Waals surface area contributed by atoms with Crippen LogP contribution in [0.2, 0.25) is 0 Å². The molecule has 0 atom stereocenters. The Morgan fingerprint density at radius 1 is 1.23 bits per heavy atom. The summed E-state index contributed by atoms with van der Waals surface area (Å²) in [5.74, 6) is -0.168. The van der Waals surface area contributed by atoms with Crippen molar-refractivity contribution in [3.63, 3.8) is 0 Å². The lowest BCUT2D eigenvalue weighted by atomic mass is 9.95. The summed E-state index contributed by atoms with van der Waals surface area (Å²) in [4.78, 5) is 2.26. The van der Waals surface area contributed by atoms with Gasteiger partial charge in [0.25, 0.3) is 0 Å². The molecule has 0 unspecified atom stereocenters. The molecule has 0 radical (unpaired) electrons. The van der Waals surface area contributed by atoms with E-state index < -0.39 is 0 Å². The second-order valence-corrected chi connectivity index (χ2v) is 8.06. The van der Waals surface area contributed by atoms with Gasteiger partial charge in [-0.1, -0.05) is 18.2 Å². The number of hydrogen-bond acceptors (Lipinski definition) is 3. The van der Waals surface area contributed by atoms with Crippen LogP contribution in [0.4, 0.5) is 4.39 Å². The number of nitrogens with zero attached hydrogens (tertiary/aromatic N) is 1. The minimum atomic E-state index is -0.168. The summed E-state index contributed by atoms with van der Waals surface area (Å²) in [6.45, 7) is 14.5. The fourth-order valence-corrected chi connectivity index (χ4v) is 3.53. The van der Waals surface area contributed by atoms with E-state index in [1.54, 1.807) is 12.1 Å². The highest BCUT2D eigenvalue weighted by atomic mass is 19.1. The highest BCUT2D eigenvalue weighted by molar-refractivity contribution is 5.47. The monoisotopic (exact) mass is 355 g/mol. The van der Waals surface area contributed by atoms with Gasteiger partial charge in [0, 0.05) is 36.1 Å². The fourth-order valence-electron chi connectivity index (χ4n) is 3.53. The maximum atomic E-state index is 13.6. The van der Waals surface area contributed by atoms with Crippen LogP contribution in [0.3, 0.4) is 0 Å². The van der Waals surface area contributed by atoms with Gasteiger partial charge in [-0.25, -0.2) is 9.82 Å². The molecule has 140 valence electrons. The summed E-state index contributed by atoms with van der Waals surface area (Å²) in [6, 6.07) is 5.12. The smallest absolute Gasteiger partial charge is 0.123 e. The van der Waals surface area contributed by atoms with Gasteiger partial charge in [0.05, 0.1) is 0 Å². The van der Waals surface area contributed by atoms with E-state index >= 15 is 0 Å². The maximum absolute atomic E-state index is 13.6. The third-order valence-corrected chi connectivity index (χ3v) is 5.41. The van der Waals surface area contributed by atoms with Crippen molar-refractivity contribution < 1.29 is 4.39 Å². The molecular formula is C22H30FN3. The van der Waals surface area contributed by atoms with E-state index in [-0.39, 0.29) is 11.4 Å². The number of benzene rings is 1. The number of hydrazine groups is 1. The lowest BCUT2D eigenvalue weighted by molar-refractivity contribution is 0.328. The first-order valence-corrected chi connectivity index (χ1v) is 9.38. The highest BCUT2D eigenvalue weighted by Gasteiger charge is 2.36. The standard InChI is InChI=1S/C22H30FN3/c1-15(2)21(16(3)13-24-25-22(5)9-10-22)17(4)26-11-8-18-6-7-20(23)12-19(18)14-26/h6-7,12-13,24-25H,4,8-11,14H2,1-3,5H3/b16-13+. The van der Waals surface area contributed by atoms with Gasteiger partial charge in [0.1, 0.15) is 5.82 Å². The van der Waals surface area contributed by atoms with E-state index in [1.807, 2.05) is 12.3 Å². The first-order chi connectivity index (χ1) is 12.3. The Hall–Kier alpha value is -2.07. The fraction of sp³-hybridized carbons (Fsp3) is 0.455. The predicted molar refractivity (Wildman–Crippen MR) is 106 cm³/mol. The minimum absolute atomic E-state index is 0.168. The molecule has 0 amide bonds. The molecule has 1 saturated carbocycles. The number of fused-ring (bicyclic) bond motifs is 1. The number of halogens is 1. The van der Waals surface area contributed by atoms with Crippen LogP contribution in [0.15, 0.2) is 53.4 Å². The number of hydrogen-bond donors (Lipinski definition) is 2. The van der Waals surface area contributed by atoms with Crippen molar-refractivity contribution in [2.24, 2.45) is 0 Å². The van der Waals surface area contributed by atoms with Gasteiger partial charge in [0.2, 0.25) is 0 Å². The average Bonchev–Trinajstić information content (AvgIpc) is 3.31. The van der Waals surface area contributed by atoms with E-state index in [2.05, 4.69) is 50.0 Å². The quantitative estimate of drug-likeness (QED) is 0.577. The van der Waals surface area contributed by atoms with Crippen molar-refractivity contribution in [3.8, 4) is 0 Å². The molecule has 1 aliphatic carbocycles. The number of nitrogens with one attached hydrogen (secondary N) is 2. The summed E-state index contributed by atoms with van der Waals surface area (Å²) in [7, 11) is 0. The summed E-state index contributed by atoms with van der Waals surface area (Å²) >= 11 is 0. The summed E-state index contributed by atoms with van der Waals surface area (Å²) in [6.07, 6.45) is 5.36. The third kappa shape index (κ3) is 4.18. The molecule has 26 heavy (non-hydrogen) atoms. The van der Waals surface area contributed by atoms with Gasteiger partial charge < -0.3 is 10.3 Å². The van der Waals surface area contributed by atoms with Crippen molar-refractivity contribution >= 4 is 0 Å². The molecule has 1 heterocycles. The topological polar surface area (TPSA) is 27.3 Å². The van der Waals surface area contributed by atoms with Crippen molar-refractivity contribution in [1.29, 1.82) is 0 Å². The zero-order valence-electron chi connectivity index (χ0n) is 16.4. The largest absolute Gasteiger partial charge is 0.367 e. The van der Waals surface area contributed by atoms with Crippen LogP contribution < -0.4 is 10.9 Å². The molecule has 3 nitrogen and oxygen atoms in total. The molecule has 0 bridgehead atoms. The molecule has 1 aliphatic heterocycles. The zero-order chi connectivity index (χ0) is 18.9. The van der Waals surface area contributed by atoms with Crippen LogP contribution in [0.5, 0.6) is 0 Å². The van der Waals surface area contributed by atoms with Gasteiger partial charge in [-0.2, -0.15) is 0 Å². The van der Waals surface area contributed by atoms with Crippen molar-refractivity contribution in [1.82, 2.24) is 15.8 Å². The normalized spacial score (nSPS) is 18.2. The van der Waals surface area contributed by atoms with Crippen molar-refractivity contribution in [2.75, 3.05) is 6.54 Å². The Morgan fingerprint density at radius 3 is 2.62 bits per heavy atom. The molecule has 3 rings (SSSR count).